The van der Waals surface area contributed by atoms with E-state index in [-0.39, 0.29) is 41.0 Å². The van der Waals surface area contributed by atoms with Crippen LogP contribution in [-0.2, 0) is 17.5 Å². The number of carbonyl (C=O) groups excluding carboxylic acids is 1. The Morgan fingerprint density at radius 3 is 2.46 bits per heavy atom. The highest BCUT2D eigenvalue weighted by molar-refractivity contribution is 5.86. The molecule has 152 valence electrons. The summed E-state index contributed by atoms with van der Waals surface area (Å²) < 4.78 is 55.2. The third-order valence-electron chi connectivity index (χ3n) is 3.80. The maximum Gasteiger partial charge on any atom is 0.438 e. The summed E-state index contributed by atoms with van der Waals surface area (Å²) >= 11 is 0. The fourth-order valence-corrected chi connectivity index (χ4v) is 2.51. The first kappa shape index (κ1) is 21.4. The fraction of sp³-hybridized carbons (Fsp3) is 0.316. The summed E-state index contributed by atoms with van der Waals surface area (Å²) in [5.74, 6) is -0.124. The van der Waals surface area contributed by atoms with Crippen LogP contribution in [0, 0.1) is 6.92 Å². The van der Waals surface area contributed by atoms with E-state index in [1.165, 1.54) is 24.3 Å². The van der Waals surface area contributed by atoms with Crippen molar-refractivity contribution in [3.63, 3.8) is 0 Å². The van der Waals surface area contributed by atoms with Crippen molar-refractivity contribution in [2.45, 2.75) is 26.6 Å². The summed E-state index contributed by atoms with van der Waals surface area (Å²) in [4.78, 5) is 11.7. The molecule has 0 atom stereocenters. The smallest absolute Gasteiger partial charge is 0.438 e. The SMILES string of the molecule is CCOc1cccc(N(O)C(=O)OC)c1COc1ccc(C)cc1C(F)(F)F. The van der Waals surface area contributed by atoms with Crippen LogP contribution in [0.2, 0.25) is 0 Å². The zero-order chi connectivity index (χ0) is 20.9. The van der Waals surface area contributed by atoms with Crippen LogP contribution in [0.4, 0.5) is 23.7 Å². The van der Waals surface area contributed by atoms with E-state index in [4.69, 9.17) is 9.47 Å². The van der Waals surface area contributed by atoms with Gasteiger partial charge in [0.05, 0.1) is 30.5 Å². The van der Waals surface area contributed by atoms with Crippen LogP contribution < -0.4 is 14.5 Å². The summed E-state index contributed by atoms with van der Waals surface area (Å²) in [5, 5.41) is 10.3. The van der Waals surface area contributed by atoms with Crippen molar-refractivity contribution in [3.05, 3.63) is 53.1 Å². The molecule has 9 heteroatoms. The lowest BCUT2D eigenvalue weighted by Gasteiger charge is -2.21. The van der Waals surface area contributed by atoms with Crippen molar-refractivity contribution in [2.75, 3.05) is 18.8 Å². The molecule has 0 aliphatic carbocycles. The monoisotopic (exact) mass is 399 g/mol. The quantitative estimate of drug-likeness (QED) is 0.550. The molecule has 1 amide bonds. The Hall–Kier alpha value is -2.94. The lowest BCUT2D eigenvalue weighted by atomic mass is 10.1. The largest absolute Gasteiger partial charge is 0.493 e. The number of hydroxylamine groups is 1. The minimum Gasteiger partial charge on any atom is -0.493 e. The second-order valence-corrected chi connectivity index (χ2v) is 5.75. The lowest BCUT2D eigenvalue weighted by molar-refractivity contribution is -0.139. The molecule has 1 N–H and O–H groups in total. The molecule has 0 saturated carbocycles. The summed E-state index contributed by atoms with van der Waals surface area (Å²) in [5.41, 5.74) is -0.330. The first-order valence-corrected chi connectivity index (χ1v) is 8.31. The van der Waals surface area contributed by atoms with Gasteiger partial charge in [0.25, 0.3) is 0 Å². The molecule has 6 nitrogen and oxygen atoms in total. The van der Waals surface area contributed by atoms with Crippen molar-refractivity contribution in [1.82, 2.24) is 0 Å². The Kier molecular flexibility index (Phi) is 6.74. The number of carbonyl (C=O) groups is 1. The Bertz CT molecular complexity index is 839. The van der Waals surface area contributed by atoms with Gasteiger partial charge >= 0.3 is 12.3 Å². The summed E-state index contributed by atoms with van der Waals surface area (Å²) in [7, 11) is 1.08. The molecule has 0 heterocycles. The average Bonchev–Trinajstić information content (AvgIpc) is 2.65. The molecule has 0 bridgehead atoms. The molecule has 0 unspecified atom stereocenters. The number of ether oxygens (including phenoxy) is 3. The first-order chi connectivity index (χ1) is 13.2. The zero-order valence-electron chi connectivity index (χ0n) is 15.5. The van der Waals surface area contributed by atoms with Gasteiger partial charge in [-0.2, -0.15) is 18.2 Å². The fourth-order valence-electron chi connectivity index (χ4n) is 2.51. The van der Waals surface area contributed by atoms with Gasteiger partial charge in [-0.15, -0.1) is 0 Å². The Balaban J connectivity index is 2.42. The van der Waals surface area contributed by atoms with Crippen LogP contribution in [0.3, 0.4) is 0 Å². The molecule has 2 aromatic rings. The number of rotatable bonds is 6. The van der Waals surface area contributed by atoms with Gasteiger partial charge in [0.1, 0.15) is 18.1 Å². The number of hydrogen-bond donors (Lipinski definition) is 1. The highest BCUT2D eigenvalue weighted by Crippen LogP contribution is 2.38. The van der Waals surface area contributed by atoms with E-state index in [1.54, 1.807) is 19.9 Å². The van der Waals surface area contributed by atoms with Gasteiger partial charge < -0.3 is 14.2 Å². The van der Waals surface area contributed by atoms with Crippen LogP contribution in [0.5, 0.6) is 11.5 Å². The summed E-state index contributed by atoms with van der Waals surface area (Å²) in [6, 6.07) is 8.15. The molecular weight excluding hydrogens is 379 g/mol. The maximum absolute atomic E-state index is 13.3. The van der Waals surface area contributed by atoms with Crippen LogP contribution in [0.1, 0.15) is 23.6 Å². The molecule has 0 saturated heterocycles. The third-order valence-corrected chi connectivity index (χ3v) is 3.80. The number of anilines is 1. The molecule has 2 aromatic carbocycles. The summed E-state index contributed by atoms with van der Waals surface area (Å²) in [6.07, 6.45) is -5.67. The number of aryl methyl sites for hydroxylation is 1. The second kappa shape index (κ2) is 8.83. The second-order valence-electron chi connectivity index (χ2n) is 5.75. The van der Waals surface area contributed by atoms with Crippen molar-refractivity contribution < 1.29 is 37.4 Å². The zero-order valence-corrected chi connectivity index (χ0v) is 15.5. The standard InChI is InChI=1S/C19H20F3NO5/c1-4-27-16-7-5-6-15(23(25)18(24)26-3)13(16)11-28-17-9-8-12(2)10-14(17)19(20,21)22/h5-10,25H,4,11H2,1-3H3. The van der Waals surface area contributed by atoms with Gasteiger partial charge in [0.2, 0.25) is 0 Å². The number of nitrogens with zero attached hydrogens (tertiary/aromatic N) is 1. The number of methoxy groups -OCH3 is 1. The first-order valence-electron chi connectivity index (χ1n) is 8.31. The molecular formula is C19H20F3NO5. The molecule has 0 fully saturated rings. The highest BCUT2D eigenvalue weighted by atomic mass is 19.4. The van der Waals surface area contributed by atoms with E-state index in [0.717, 1.165) is 13.2 Å². The van der Waals surface area contributed by atoms with E-state index >= 15 is 0 Å². The van der Waals surface area contributed by atoms with E-state index in [0.29, 0.717) is 5.56 Å². The van der Waals surface area contributed by atoms with Crippen LogP contribution in [0.25, 0.3) is 0 Å². The van der Waals surface area contributed by atoms with Crippen LogP contribution in [0.15, 0.2) is 36.4 Å². The highest BCUT2D eigenvalue weighted by Gasteiger charge is 2.34. The number of halogens is 3. The van der Waals surface area contributed by atoms with Crippen LogP contribution >= 0.6 is 0 Å². The van der Waals surface area contributed by atoms with E-state index in [2.05, 4.69) is 4.74 Å². The van der Waals surface area contributed by atoms with Crippen molar-refractivity contribution in [3.8, 4) is 11.5 Å². The van der Waals surface area contributed by atoms with Gasteiger partial charge in [-0.05, 0) is 38.1 Å². The average molecular weight is 399 g/mol. The van der Waals surface area contributed by atoms with E-state index in [1.807, 2.05) is 0 Å². The topological polar surface area (TPSA) is 68.2 Å². The van der Waals surface area contributed by atoms with Crippen LogP contribution in [-0.4, -0.2) is 25.0 Å². The maximum atomic E-state index is 13.3. The molecule has 28 heavy (non-hydrogen) atoms. The number of amides is 1. The van der Waals surface area contributed by atoms with Crippen molar-refractivity contribution in [1.29, 1.82) is 0 Å². The van der Waals surface area contributed by atoms with Crippen molar-refractivity contribution >= 4 is 11.8 Å². The third kappa shape index (κ3) is 4.86. The van der Waals surface area contributed by atoms with E-state index in [9.17, 15) is 23.2 Å². The molecule has 0 spiro atoms. The van der Waals surface area contributed by atoms with Gasteiger partial charge in [-0.25, -0.2) is 4.79 Å². The number of hydrogen-bond acceptors (Lipinski definition) is 5. The Morgan fingerprint density at radius 1 is 1.14 bits per heavy atom. The molecule has 2 rings (SSSR count). The molecule has 0 aliphatic rings. The Morgan fingerprint density at radius 2 is 1.86 bits per heavy atom. The predicted molar refractivity (Wildman–Crippen MR) is 94.8 cm³/mol. The molecule has 0 aromatic heterocycles. The van der Waals surface area contributed by atoms with Gasteiger partial charge in [0.15, 0.2) is 0 Å². The van der Waals surface area contributed by atoms with Gasteiger partial charge in [0, 0.05) is 0 Å². The van der Waals surface area contributed by atoms with Gasteiger partial charge in [-0.3, -0.25) is 5.21 Å². The Labute approximate surface area is 160 Å². The molecule has 0 aliphatic heterocycles. The van der Waals surface area contributed by atoms with Gasteiger partial charge in [-0.1, -0.05) is 17.7 Å². The van der Waals surface area contributed by atoms with E-state index < -0.39 is 17.8 Å². The lowest BCUT2D eigenvalue weighted by Crippen LogP contribution is -2.28. The number of alkyl halides is 3. The predicted octanol–water partition coefficient (Wildman–Crippen LogP) is 4.95. The van der Waals surface area contributed by atoms with Crippen molar-refractivity contribution in [2.24, 2.45) is 0 Å². The minimum atomic E-state index is -4.60. The number of benzene rings is 2. The summed E-state index contributed by atoms with van der Waals surface area (Å²) in [6.45, 7) is 3.14. The normalized spacial score (nSPS) is 11.1. The molecule has 0 radical (unpaired) electrons. The minimum absolute atomic E-state index is 0.0292.